The number of aryl methyl sites for hydroxylation is 2. The van der Waals surface area contributed by atoms with Crippen molar-refractivity contribution in [3.63, 3.8) is 0 Å². The standard InChI is InChI=1S/C32H41FN4O2/c1-7-36(27-14-22(4)37(23(5)15-27)19-25-11-9-8-10-12-25)30-17-26(33)16-28(24(30)6)31(38)34-18-29-20(2)13-21(3)35-32(29)39/h8-13,16-17,22-23,27H,7,14-15,18-19H2,1-6H3,(H,34,38)(H,35,39). The molecular formula is C32H41FN4O2. The van der Waals surface area contributed by atoms with Gasteiger partial charge in [-0.25, -0.2) is 4.39 Å². The van der Waals surface area contributed by atoms with E-state index < -0.39 is 5.82 Å². The highest BCUT2D eigenvalue weighted by atomic mass is 19.1. The summed E-state index contributed by atoms with van der Waals surface area (Å²) < 4.78 is 15.0. The Bertz CT molecular complexity index is 1360. The number of carbonyl (C=O) groups excluding carboxylic acids is 1. The number of aromatic nitrogens is 1. The summed E-state index contributed by atoms with van der Waals surface area (Å²) in [6, 6.07) is 16.2. The summed E-state index contributed by atoms with van der Waals surface area (Å²) in [4.78, 5) is 33.2. The number of benzene rings is 2. The van der Waals surface area contributed by atoms with Crippen molar-refractivity contribution in [2.75, 3.05) is 11.4 Å². The molecule has 2 unspecified atom stereocenters. The molecule has 7 heteroatoms. The van der Waals surface area contributed by atoms with Gasteiger partial charge in [0.05, 0.1) is 0 Å². The number of aromatic amines is 1. The SMILES string of the molecule is CCN(c1cc(F)cc(C(=O)NCc2c(C)cc(C)[nH]c2=O)c1C)C1CC(C)N(Cc2ccccc2)C(C)C1. The minimum atomic E-state index is -0.439. The number of pyridine rings is 1. The smallest absolute Gasteiger partial charge is 0.253 e. The van der Waals surface area contributed by atoms with Gasteiger partial charge in [0.15, 0.2) is 0 Å². The van der Waals surface area contributed by atoms with Gasteiger partial charge in [-0.3, -0.25) is 14.5 Å². The molecular weight excluding hydrogens is 491 g/mol. The van der Waals surface area contributed by atoms with Crippen molar-refractivity contribution in [3.8, 4) is 0 Å². The Balaban J connectivity index is 1.53. The first-order chi connectivity index (χ1) is 18.6. The number of H-pyrrole nitrogens is 1. The molecule has 208 valence electrons. The quantitative estimate of drug-likeness (QED) is 0.394. The van der Waals surface area contributed by atoms with E-state index in [4.69, 9.17) is 0 Å². The highest BCUT2D eigenvalue weighted by Gasteiger charge is 2.34. The van der Waals surface area contributed by atoms with Gasteiger partial charge in [0.2, 0.25) is 0 Å². The van der Waals surface area contributed by atoms with E-state index >= 15 is 0 Å². The fourth-order valence-electron chi connectivity index (χ4n) is 6.14. The molecule has 2 heterocycles. The lowest BCUT2D eigenvalue weighted by Gasteiger charge is -2.47. The van der Waals surface area contributed by atoms with Crippen LogP contribution in [0.5, 0.6) is 0 Å². The van der Waals surface area contributed by atoms with Gasteiger partial charge in [-0.15, -0.1) is 0 Å². The number of amides is 1. The van der Waals surface area contributed by atoms with Gasteiger partial charge >= 0.3 is 0 Å². The van der Waals surface area contributed by atoms with Crippen molar-refractivity contribution >= 4 is 11.6 Å². The zero-order chi connectivity index (χ0) is 28.3. The third-order valence-corrected chi connectivity index (χ3v) is 8.17. The fraction of sp³-hybridized carbons (Fsp3) is 0.438. The topological polar surface area (TPSA) is 68.4 Å². The minimum absolute atomic E-state index is 0.0813. The molecule has 39 heavy (non-hydrogen) atoms. The average Bonchev–Trinajstić information content (AvgIpc) is 2.88. The van der Waals surface area contributed by atoms with Crippen molar-refractivity contribution < 1.29 is 9.18 Å². The predicted octanol–water partition coefficient (Wildman–Crippen LogP) is 5.64. The maximum absolute atomic E-state index is 15.0. The molecule has 1 aromatic heterocycles. The van der Waals surface area contributed by atoms with E-state index in [2.05, 4.69) is 65.1 Å². The highest BCUT2D eigenvalue weighted by Crippen LogP contribution is 2.34. The van der Waals surface area contributed by atoms with Crippen molar-refractivity contribution in [1.29, 1.82) is 0 Å². The second kappa shape index (κ2) is 12.2. The second-order valence-corrected chi connectivity index (χ2v) is 11.0. The molecule has 2 aromatic carbocycles. The molecule has 0 radical (unpaired) electrons. The molecule has 0 aliphatic carbocycles. The number of rotatable bonds is 8. The molecule has 4 rings (SSSR count). The van der Waals surface area contributed by atoms with E-state index in [9.17, 15) is 14.0 Å². The number of hydrogen-bond acceptors (Lipinski definition) is 4. The minimum Gasteiger partial charge on any atom is -0.368 e. The summed E-state index contributed by atoms with van der Waals surface area (Å²) in [5.74, 6) is -0.825. The van der Waals surface area contributed by atoms with Crippen LogP contribution in [-0.4, -0.2) is 40.5 Å². The van der Waals surface area contributed by atoms with Gasteiger partial charge < -0.3 is 15.2 Å². The Labute approximate surface area is 231 Å². The van der Waals surface area contributed by atoms with E-state index in [0.29, 0.717) is 29.8 Å². The van der Waals surface area contributed by atoms with Crippen LogP contribution >= 0.6 is 0 Å². The lowest BCUT2D eigenvalue weighted by molar-refractivity contribution is 0.0821. The number of piperidine rings is 1. The third kappa shape index (κ3) is 6.41. The Kier molecular flexibility index (Phi) is 8.90. The number of hydrogen-bond donors (Lipinski definition) is 2. The summed E-state index contributed by atoms with van der Waals surface area (Å²) in [5.41, 5.74) is 4.98. The zero-order valence-electron chi connectivity index (χ0n) is 24.0. The van der Waals surface area contributed by atoms with Gasteiger partial charge in [0.1, 0.15) is 5.82 Å². The molecule has 0 spiro atoms. The predicted molar refractivity (Wildman–Crippen MR) is 156 cm³/mol. The highest BCUT2D eigenvalue weighted by molar-refractivity contribution is 5.97. The zero-order valence-corrected chi connectivity index (χ0v) is 24.0. The van der Waals surface area contributed by atoms with Gasteiger partial charge in [0, 0.05) is 60.3 Å². The molecule has 2 N–H and O–H groups in total. The first kappa shape index (κ1) is 28.6. The van der Waals surface area contributed by atoms with Gasteiger partial charge in [0.25, 0.3) is 11.5 Å². The molecule has 0 bridgehead atoms. The lowest BCUT2D eigenvalue weighted by atomic mass is 9.90. The summed E-state index contributed by atoms with van der Waals surface area (Å²) in [6.07, 6.45) is 1.91. The largest absolute Gasteiger partial charge is 0.368 e. The molecule has 1 aliphatic heterocycles. The molecule has 0 saturated carbocycles. The number of halogens is 1. The summed E-state index contributed by atoms with van der Waals surface area (Å²) in [5, 5.41) is 2.84. The van der Waals surface area contributed by atoms with Crippen LogP contribution in [0, 0.1) is 26.6 Å². The Morgan fingerprint density at radius 1 is 1.08 bits per heavy atom. The average molecular weight is 533 g/mol. The summed E-state index contributed by atoms with van der Waals surface area (Å²) in [7, 11) is 0. The fourth-order valence-corrected chi connectivity index (χ4v) is 6.14. The van der Waals surface area contributed by atoms with E-state index in [-0.39, 0.29) is 24.1 Å². The van der Waals surface area contributed by atoms with Gasteiger partial charge in [-0.2, -0.15) is 0 Å². The molecule has 1 saturated heterocycles. The molecule has 6 nitrogen and oxygen atoms in total. The van der Waals surface area contributed by atoms with E-state index in [1.165, 1.54) is 11.6 Å². The van der Waals surface area contributed by atoms with Crippen LogP contribution in [0.1, 0.15) is 71.9 Å². The molecule has 3 aromatic rings. The van der Waals surface area contributed by atoms with E-state index in [1.807, 2.05) is 32.9 Å². The molecule has 2 atom stereocenters. The number of nitrogens with zero attached hydrogens (tertiary/aromatic N) is 2. The molecule has 1 amide bonds. The van der Waals surface area contributed by atoms with Crippen LogP contribution < -0.4 is 15.8 Å². The number of anilines is 1. The van der Waals surface area contributed by atoms with Gasteiger partial charge in [-0.1, -0.05) is 30.3 Å². The summed E-state index contributed by atoms with van der Waals surface area (Å²) >= 11 is 0. The Morgan fingerprint density at radius 2 is 1.74 bits per heavy atom. The van der Waals surface area contributed by atoms with Gasteiger partial charge in [-0.05, 0) is 89.3 Å². The lowest BCUT2D eigenvalue weighted by Crippen LogP contribution is -2.53. The van der Waals surface area contributed by atoms with Crippen LogP contribution in [0.4, 0.5) is 10.1 Å². The van der Waals surface area contributed by atoms with Crippen LogP contribution in [0.3, 0.4) is 0 Å². The van der Waals surface area contributed by atoms with Crippen molar-refractivity contribution in [2.24, 2.45) is 0 Å². The van der Waals surface area contributed by atoms with E-state index in [1.54, 1.807) is 6.07 Å². The monoisotopic (exact) mass is 532 g/mol. The van der Waals surface area contributed by atoms with Crippen molar-refractivity contribution in [3.05, 3.63) is 98.2 Å². The Morgan fingerprint density at radius 3 is 2.36 bits per heavy atom. The van der Waals surface area contributed by atoms with Crippen molar-refractivity contribution in [2.45, 2.75) is 85.6 Å². The summed E-state index contributed by atoms with van der Waals surface area (Å²) in [6.45, 7) is 13.9. The van der Waals surface area contributed by atoms with Crippen LogP contribution in [0.25, 0.3) is 0 Å². The molecule has 1 fully saturated rings. The van der Waals surface area contributed by atoms with E-state index in [0.717, 1.165) is 41.9 Å². The first-order valence-electron chi connectivity index (χ1n) is 13.9. The maximum Gasteiger partial charge on any atom is 0.253 e. The third-order valence-electron chi connectivity index (χ3n) is 8.17. The number of carbonyl (C=O) groups is 1. The maximum atomic E-state index is 15.0. The second-order valence-electron chi connectivity index (χ2n) is 11.0. The number of nitrogens with one attached hydrogen (secondary N) is 2. The molecule has 1 aliphatic rings. The Hall–Kier alpha value is -3.45. The van der Waals surface area contributed by atoms with Crippen LogP contribution in [-0.2, 0) is 13.1 Å². The van der Waals surface area contributed by atoms with Crippen molar-refractivity contribution in [1.82, 2.24) is 15.2 Å². The first-order valence-corrected chi connectivity index (χ1v) is 13.9. The normalized spacial score (nSPS) is 19.6. The van der Waals surface area contributed by atoms with Crippen LogP contribution in [0.2, 0.25) is 0 Å². The van der Waals surface area contributed by atoms with Crippen LogP contribution in [0.15, 0.2) is 53.3 Å². The number of likely N-dealkylation sites (tertiary alicyclic amines) is 1.